The lowest BCUT2D eigenvalue weighted by atomic mass is 10.2. The second kappa shape index (κ2) is 6.54. The van der Waals surface area contributed by atoms with Crippen LogP contribution in [0, 0.1) is 0 Å². The Bertz CT molecular complexity index is 587. The van der Waals surface area contributed by atoms with E-state index in [1.54, 1.807) is 0 Å². The van der Waals surface area contributed by atoms with Crippen LogP contribution in [0.2, 0.25) is 0 Å². The van der Waals surface area contributed by atoms with Gasteiger partial charge >= 0.3 is 0 Å². The van der Waals surface area contributed by atoms with E-state index in [0.29, 0.717) is 6.54 Å². The summed E-state index contributed by atoms with van der Waals surface area (Å²) >= 11 is 0. The van der Waals surface area contributed by atoms with Crippen molar-refractivity contribution < 1.29 is 12.6 Å². The van der Waals surface area contributed by atoms with Crippen molar-refractivity contribution in [1.29, 1.82) is 0 Å². The van der Waals surface area contributed by atoms with Crippen LogP contribution < -0.4 is 4.90 Å². The number of hydrogen-bond acceptors (Lipinski definition) is 4. The van der Waals surface area contributed by atoms with Crippen molar-refractivity contribution in [3.8, 4) is 0 Å². The molecule has 0 saturated carbocycles. The van der Waals surface area contributed by atoms with Gasteiger partial charge in [-0.1, -0.05) is 36.4 Å². The predicted octanol–water partition coefficient (Wildman–Crippen LogP) is 2.80. The van der Waals surface area contributed by atoms with Gasteiger partial charge in [-0.15, -0.1) is 0 Å². The number of rotatable bonds is 6. The smallest absolute Gasteiger partial charge is 0.264 e. The molecule has 20 heavy (non-hydrogen) atoms. The van der Waals surface area contributed by atoms with Gasteiger partial charge in [-0.05, 0) is 24.3 Å². The fourth-order valence-electron chi connectivity index (χ4n) is 1.90. The third-order valence-corrected chi connectivity index (χ3v) is 3.34. The van der Waals surface area contributed by atoms with E-state index in [1.807, 2.05) is 65.6 Å². The molecule has 0 N–H and O–H groups in total. The third kappa shape index (κ3) is 4.36. The van der Waals surface area contributed by atoms with Crippen LogP contribution >= 0.6 is 0 Å². The van der Waals surface area contributed by atoms with Gasteiger partial charge < -0.3 is 4.90 Å². The molecule has 0 radical (unpaired) electrons. The maximum Gasteiger partial charge on any atom is 0.264 e. The topological polar surface area (TPSA) is 46.6 Å². The SMILES string of the molecule is CS(=O)(=O)OCCN(c1ccccc1)c1ccccc1. The van der Waals surface area contributed by atoms with Gasteiger partial charge in [0.25, 0.3) is 10.1 Å². The van der Waals surface area contributed by atoms with E-state index < -0.39 is 10.1 Å². The molecule has 0 spiro atoms. The van der Waals surface area contributed by atoms with Crippen LogP contribution in [0.5, 0.6) is 0 Å². The van der Waals surface area contributed by atoms with Crippen LogP contribution in [-0.2, 0) is 14.3 Å². The van der Waals surface area contributed by atoms with E-state index >= 15 is 0 Å². The Hall–Kier alpha value is -1.85. The van der Waals surface area contributed by atoms with E-state index in [4.69, 9.17) is 4.18 Å². The molecule has 0 amide bonds. The molecule has 5 heteroatoms. The minimum atomic E-state index is -3.41. The fraction of sp³-hybridized carbons (Fsp3) is 0.200. The summed E-state index contributed by atoms with van der Waals surface area (Å²) in [5.74, 6) is 0. The summed E-state index contributed by atoms with van der Waals surface area (Å²) in [7, 11) is -3.41. The lowest BCUT2D eigenvalue weighted by Crippen LogP contribution is -2.23. The van der Waals surface area contributed by atoms with Crippen LogP contribution in [0.4, 0.5) is 11.4 Å². The number of para-hydroxylation sites is 2. The van der Waals surface area contributed by atoms with Crippen LogP contribution in [0.25, 0.3) is 0 Å². The average molecular weight is 291 g/mol. The van der Waals surface area contributed by atoms with Gasteiger partial charge in [0.2, 0.25) is 0 Å². The number of benzene rings is 2. The lowest BCUT2D eigenvalue weighted by molar-refractivity contribution is 0.331. The van der Waals surface area contributed by atoms with Gasteiger partial charge in [-0.3, -0.25) is 4.18 Å². The summed E-state index contributed by atoms with van der Waals surface area (Å²) in [5, 5.41) is 0. The van der Waals surface area contributed by atoms with Gasteiger partial charge in [0, 0.05) is 17.9 Å². The van der Waals surface area contributed by atoms with Crippen molar-refractivity contribution in [2.24, 2.45) is 0 Å². The number of nitrogens with zero attached hydrogens (tertiary/aromatic N) is 1. The Morgan fingerprint density at radius 1 is 0.900 bits per heavy atom. The zero-order chi connectivity index (χ0) is 14.4. The molecule has 2 rings (SSSR count). The quantitative estimate of drug-likeness (QED) is 0.768. The van der Waals surface area contributed by atoms with E-state index in [-0.39, 0.29) is 6.61 Å². The zero-order valence-electron chi connectivity index (χ0n) is 11.3. The van der Waals surface area contributed by atoms with Crippen molar-refractivity contribution in [2.45, 2.75) is 0 Å². The lowest BCUT2D eigenvalue weighted by Gasteiger charge is -2.24. The molecule has 0 aromatic heterocycles. The third-order valence-electron chi connectivity index (χ3n) is 2.75. The molecule has 2 aromatic carbocycles. The van der Waals surface area contributed by atoms with Crippen molar-refractivity contribution >= 4 is 21.5 Å². The highest BCUT2D eigenvalue weighted by Crippen LogP contribution is 2.24. The highest BCUT2D eigenvalue weighted by Gasteiger charge is 2.10. The Kier molecular flexibility index (Phi) is 4.76. The largest absolute Gasteiger partial charge is 0.339 e. The molecule has 106 valence electrons. The van der Waals surface area contributed by atoms with Gasteiger partial charge in [0.05, 0.1) is 12.9 Å². The second-order valence-corrected chi connectivity index (χ2v) is 5.99. The first-order chi connectivity index (χ1) is 9.56. The molecule has 0 fully saturated rings. The van der Waals surface area contributed by atoms with Crippen molar-refractivity contribution in [2.75, 3.05) is 24.3 Å². The fourth-order valence-corrected chi connectivity index (χ4v) is 2.28. The summed E-state index contributed by atoms with van der Waals surface area (Å²) in [6, 6.07) is 19.6. The molecule has 2 aromatic rings. The maximum absolute atomic E-state index is 11.0. The summed E-state index contributed by atoms with van der Waals surface area (Å²) in [6.45, 7) is 0.573. The molecule has 0 bridgehead atoms. The van der Waals surface area contributed by atoms with Gasteiger partial charge in [0.1, 0.15) is 0 Å². The minimum Gasteiger partial charge on any atom is -0.339 e. The first-order valence-electron chi connectivity index (χ1n) is 6.28. The van der Waals surface area contributed by atoms with Crippen molar-refractivity contribution in [1.82, 2.24) is 0 Å². The summed E-state index contributed by atoms with van der Waals surface area (Å²) in [6.07, 6.45) is 1.06. The Morgan fingerprint density at radius 3 is 1.75 bits per heavy atom. The van der Waals surface area contributed by atoms with Gasteiger partial charge in [-0.2, -0.15) is 8.42 Å². The molecular weight excluding hydrogens is 274 g/mol. The molecule has 0 aliphatic rings. The Balaban J connectivity index is 2.17. The molecule has 0 saturated heterocycles. The molecule has 0 aliphatic carbocycles. The monoisotopic (exact) mass is 291 g/mol. The maximum atomic E-state index is 11.0. The van der Waals surface area contributed by atoms with E-state index in [9.17, 15) is 8.42 Å². The van der Waals surface area contributed by atoms with E-state index in [2.05, 4.69) is 0 Å². The first-order valence-corrected chi connectivity index (χ1v) is 8.10. The molecule has 0 heterocycles. The Labute approximate surface area is 119 Å². The van der Waals surface area contributed by atoms with E-state index in [0.717, 1.165) is 17.6 Å². The highest BCUT2D eigenvalue weighted by atomic mass is 32.2. The average Bonchev–Trinajstić information content (AvgIpc) is 2.44. The van der Waals surface area contributed by atoms with E-state index in [1.165, 1.54) is 0 Å². The molecular formula is C15H17NO3S. The van der Waals surface area contributed by atoms with Crippen LogP contribution in [0.1, 0.15) is 0 Å². The second-order valence-electron chi connectivity index (χ2n) is 4.35. The molecule has 0 atom stereocenters. The van der Waals surface area contributed by atoms with Crippen LogP contribution in [-0.4, -0.2) is 27.8 Å². The van der Waals surface area contributed by atoms with Crippen LogP contribution in [0.3, 0.4) is 0 Å². The summed E-state index contributed by atoms with van der Waals surface area (Å²) in [5.41, 5.74) is 1.99. The van der Waals surface area contributed by atoms with Gasteiger partial charge in [0.15, 0.2) is 0 Å². The normalized spacial score (nSPS) is 11.2. The van der Waals surface area contributed by atoms with Gasteiger partial charge in [-0.25, -0.2) is 0 Å². The first kappa shape index (κ1) is 14.6. The van der Waals surface area contributed by atoms with Crippen LogP contribution in [0.15, 0.2) is 60.7 Å². The Morgan fingerprint density at radius 2 is 1.35 bits per heavy atom. The standard InChI is InChI=1S/C15H17NO3S/c1-20(17,18)19-13-12-16(14-8-4-2-5-9-14)15-10-6-3-7-11-15/h2-11H,12-13H2,1H3. The minimum absolute atomic E-state index is 0.114. The van der Waals surface area contributed by atoms with Crippen molar-refractivity contribution in [3.05, 3.63) is 60.7 Å². The molecule has 4 nitrogen and oxygen atoms in total. The summed E-state index contributed by atoms with van der Waals surface area (Å²) < 4.78 is 26.9. The molecule has 0 aliphatic heterocycles. The van der Waals surface area contributed by atoms with Crippen molar-refractivity contribution in [3.63, 3.8) is 0 Å². The summed E-state index contributed by atoms with van der Waals surface area (Å²) in [4.78, 5) is 2.02. The molecule has 0 unspecified atom stereocenters. The predicted molar refractivity (Wildman–Crippen MR) is 80.7 cm³/mol. The zero-order valence-corrected chi connectivity index (χ0v) is 12.1. The highest BCUT2D eigenvalue weighted by molar-refractivity contribution is 7.85. The number of anilines is 2. The number of hydrogen-bond donors (Lipinski definition) is 0.